The average Bonchev–Trinajstić information content (AvgIpc) is 3.74. The van der Waals surface area contributed by atoms with Crippen molar-refractivity contribution in [2.24, 2.45) is 0 Å². The van der Waals surface area contributed by atoms with Crippen LogP contribution in [-0.2, 0) is 5.41 Å². The second-order valence-corrected chi connectivity index (χ2v) is 16.5. The van der Waals surface area contributed by atoms with Crippen molar-refractivity contribution in [3.05, 3.63) is 193 Å². The van der Waals surface area contributed by atoms with E-state index in [0.29, 0.717) is 5.82 Å². The number of fused-ring (bicyclic) bond motifs is 7. The zero-order chi connectivity index (χ0) is 37.4. The van der Waals surface area contributed by atoms with Gasteiger partial charge in [0.2, 0.25) is 0 Å². The molecule has 1 aliphatic rings. The molecule has 8 aromatic carbocycles. The SMILES string of the molecule is CC1(C)c2cc3ccccc3cc2-c2c(-c3cc(-c4cc(-c5ccccc5)cc(-c5ccc6sc7ccccc7c6c5)c4)nc(-c4ccccc4)n3)cccc21. The van der Waals surface area contributed by atoms with Gasteiger partial charge in [-0.1, -0.05) is 141 Å². The van der Waals surface area contributed by atoms with Crippen molar-refractivity contribution < 1.29 is 0 Å². The van der Waals surface area contributed by atoms with Crippen LogP contribution in [0.2, 0.25) is 0 Å². The predicted octanol–water partition coefficient (Wildman–Crippen LogP) is 14.6. The van der Waals surface area contributed by atoms with Crippen molar-refractivity contribution in [1.29, 1.82) is 0 Å². The average molecular weight is 733 g/mol. The maximum Gasteiger partial charge on any atom is 0.160 e. The normalized spacial score (nSPS) is 13.0. The van der Waals surface area contributed by atoms with Gasteiger partial charge in [-0.2, -0.15) is 0 Å². The van der Waals surface area contributed by atoms with E-state index in [1.807, 2.05) is 17.4 Å². The first-order valence-electron chi connectivity index (χ1n) is 19.2. The van der Waals surface area contributed by atoms with Gasteiger partial charge in [0.1, 0.15) is 0 Å². The molecule has 1 aliphatic carbocycles. The van der Waals surface area contributed by atoms with Gasteiger partial charge in [0.25, 0.3) is 0 Å². The van der Waals surface area contributed by atoms with Crippen LogP contribution in [0.1, 0.15) is 25.0 Å². The topological polar surface area (TPSA) is 25.8 Å². The minimum absolute atomic E-state index is 0.156. The Bertz CT molecular complexity index is 3160. The molecule has 0 aliphatic heterocycles. The lowest BCUT2D eigenvalue weighted by molar-refractivity contribution is 0.661. The van der Waals surface area contributed by atoms with Gasteiger partial charge in [-0.05, 0) is 110 Å². The van der Waals surface area contributed by atoms with E-state index in [-0.39, 0.29) is 5.41 Å². The Morgan fingerprint density at radius 2 is 1.04 bits per heavy atom. The van der Waals surface area contributed by atoms with Gasteiger partial charge >= 0.3 is 0 Å². The van der Waals surface area contributed by atoms with Gasteiger partial charge in [0.15, 0.2) is 5.82 Å². The number of hydrogen-bond donors (Lipinski definition) is 0. The summed E-state index contributed by atoms with van der Waals surface area (Å²) in [5.41, 5.74) is 14.7. The molecule has 0 N–H and O–H groups in total. The van der Waals surface area contributed by atoms with E-state index >= 15 is 0 Å². The van der Waals surface area contributed by atoms with E-state index in [1.165, 1.54) is 64.3 Å². The molecule has 0 radical (unpaired) electrons. The van der Waals surface area contributed by atoms with E-state index in [4.69, 9.17) is 9.97 Å². The zero-order valence-corrected chi connectivity index (χ0v) is 31.9. The van der Waals surface area contributed by atoms with Crippen LogP contribution in [-0.4, -0.2) is 9.97 Å². The molecule has 3 heteroatoms. The smallest absolute Gasteiger partial charge is 0.160 e. The number of aromatic nitrogens is 2. The first-order chi connectivity index (χ1) is 27.5. The second-order valence-electron chi connectivity index (χ2n) is 15.4. The maximum atomic E-state index is 5.37. The molecule has 2 heterocycles. The molecule has 0 atom stereocenters. The summed E-state index contributed by atoms with van der Waals surface area (Å²) in [6, 6.07) is 66.0. The third-order valence-corrected chi connectivity index (χ3v) is 12.8. The Balaban J connectivity index is 1.15. The number of rotatable bonds is 5. The largest absolute Gasteiger partial charge is 0.228 e. The van der Waals surface area contributed by atoms with Crippen molar-refractivity contribution >= 4 is 42.3 Å². The molecular formula is C53H36N2S. The summed E-state index contributed by atoms with van der Waals surface area (Å²) in [4.78, 5) is 10.7. The molecule has 0 bridgehead atoms. The quantitative estimate of drug-likeness (QED) is 0.176. The maximum absolute atomic E-state index is 5.37. The molecule has 2 aromatic heterocycles. The highest BCUT2D eigenvalue weighted by Crippen LogP contribution is 2.53. The van der Waals surface area contributed by atoms with Gasteiger partial charge in [0, 0.05) is 42.3 Å². The van der Waals surface area contributed by atoms with Crippen LogP contribution < -0.4 is 0 Å². The zero-order valence-electron chi connectivity index (χ0n) is 31.1. The third-order valence-electron chi connectivity index (χ3n) is 11.6. The fourth-order valence-electron chi connectivity index (χ4n) is 8.78. The molecule has 0 saturated heterocycles. The van der Waals surface area contributed by atoms with Crippen molar-refractivity contribution in [3.8, 4) is 67.3 Å². The summed E-state index contributed by atoms with van der Waals surface area (Å²) in [6.07, 6.45) is 0. The lowest BCUT2D eigenvalue weighted by atomic mass is 9.81. The van der Waals surface area contributed by atoms with Crippen LogP contribution in [0.4, 0.5) is 0 Å². The Hall–Kier alpha value is -6.68. The van der Waals surface area contributed by atoms with Crippen LogP contribution in [0, 0.1) is 0 Å². The minimum atomic E-state index is -0.156. The second kappa shape index (κ2) is 12.7. The lowest BCUT2D eigenvalue weighted by Gasteiger charge is -2.22. The Kier molecular flexibility index (Phi) is 7.42. The van der Waals surface area contributed by atoms with Gasteiger partial charge in [0.05, 0.1) is 11.4 Å². The van der Waals surface area contributed by atoms with E-state index in [2.05, 4.69) is 190 Å². The van der Waals surface area contributed by atoms with Crippen LogP contribution >= 0.6 is 11.3 Å². The molecule has 0 spiro atoms. The van der Waals surface area contributed by atoms with Crippen molar-refractivity contribution in [2.45, 2.75) is 19.3 Å². The number of benzene rings is 8. The third kappa shape index (κ3) is 5.31. The molecule has 2 nitrogen and oxygen atoms in total. The molecule has 56 heavy (non-hydrogen) atoms. The predicted molar refractivity (Wildman–Crippen MR) is 237 cm³/mol. The van der Waals surface area contributed by atoms with Crippen LogP contribution in [0.25, 0.3) is 98.2 Å². The summed E-state index contributed by atoms with van der Waals surface area (Å²) in [7, 11) is 0. The Morgan fingerprint density at radius 3 is 1.84 bits per heavy atom. The highest BCUT2D eigenvalue weighted by molar-refractivity contribution is 7.25. The van der Waals surface area contributed by atoms with Crippen molar-refractivity contribution in [3.63, 3.8) is 0 Å². The standard InChI is InChI=1S/C53H36N2S/c1-53(2)45-22-13-21-42(51(45)44-30-35-18-9-10-19-36(35)31-46(44)53)48-32-47(54-52(55-48)34-16-7-4-8-17-34)40-27-38(33-14-5-3-6-15-33)26-39(28-40)37-24-25-50-43(29-37)41-20-11-12-23-49(41)56-50/h3-32H,1-2H3. The van der Waals surface area contributed by atoms with Gasteiger partial charge in [-0.15, -0.1) is 11.3 Å². The van der Waals surface area contributed by atoms with E-state index < -0.39 is 0 Å². The summed E-state index contributed by atoms with van der Waals surface area (Å²) in [5, 5.41) is 5.11. The molecule has 11 rings (SSSR count). The Morgan fingerprint density at radius 1 is 0.393 bits per heavy atom. The number of hydrogen-bond acceptors (Lipinski definition) is 3. The van der Waals surface area contributed by atoms with Crippen molar-refractivity contribution in [2.75, 3.05) is 0 Å². The van der Waals surface area contributed by atoms with Gasteiger partial charge < -0.3 is 0 Å². The summed E-state index contributed by atoms with van der Waals surface area (Å²) in [6.45, 7) is 4.70. The van der Waals surface area contributed by atoms with Gasteiger partial charge in [-0.3, -0.25) is 0 Å². The van der Waals surface area contributed by atoms with E-state index in [1.54, 1.807) is 0 Å². The summed E-state index contributed by atoms with van der Waals surface area (Å²) < 4.78 is 2.61. The summed E-state index contributed by atoms with van der Waals surface area (Å²) in [5.74, 6) is 0.713. The molecule has 264 valence electrons. The molecule has 0 unspecified atom stereocenters. The first-order valence-corrected chi connectivity index (χ1v) is 20.0. The number of nitrogens with zero attached hydrogens (tertiary/aromatic N) is 2. The molecule has 0 saturated carbocycles. The van der Waals surface area contributed by atoms with Crippen LogP contribution in [0.3, 0.4) is 0 Å². The minimum Gasteiger partial charge on any atom is -0.228 e. The van der Waals surface area contributed by atoms with Crippen LogP contribution in [0.15, 0.2) is 182 Å². The van der Waals surface area contributed by atoms with E-state index in [0.717, 1.165) is 39.2 Å². The molecule has 0 fully saturated rings. The van der Waals surface area contributed by atoms with Crippen LogP contribution in [0.5, 0.6) is 0 Å². The van der Waals surface area contributed by atoms with Crippen molar-refractivity contribution in [1.82, 2.24) is 9.97 Å². The molecule has 10 aromatic rings. The summed E-state index contributed by atoms with van der Waals surface area (Å²) >= 11 is 1.85. The lowest BCUT2D eigenvalue weighted by Crippen LogP contribution is -2.14. The number of thiophene rings is 1. The molecular weight excluding hydrogens is 697 g/mol. The highest BCUT2D eigenvalue weighted by atomic mass is 32.1. The first kappa shape index (κ1) is 32.7. The fraction of sp³-hybridized carbons (Fsp3) is 0.0566. The van der Waals surface area contributed by atoms with Gasteiger partial charge in [-0.25, -0.2) is 9.97 Å². The highest BCUT2D eigenvalue weighted by Gasteiger charge is 2.37. The Labute approximate surface area is 330 Å². The molecule has 0 amide bonds. The monoisotopic (exact) mass is 732 g/mol. The fourth-order valence-corrected chi connectivity index (χ4v) is 9.87. The van der Waals surface area contributed by atoms with E-state index in [9.17, 15) is 0 Å².